The van der Waals surface area contributed by atoms with Crippen LogP contribution in [-0.4, -0.2) is 19.1 Å². The van der Waals surface area contributed by atoms with E-state index in [0.717, 1.165) is 38.9 Å². The maximum absolute atomic E-state index is 5.58. The summed E-state index contributed by atoms with van der Waals surface area (Å²) in [4.78, 5) is 11.0. The number of benzene rings is 8. The number of hydrogen-bond acceptors (Lipinski definition) is 2. The molecule has 0 radical (unpaired) electrons. The van der Waals surface area contributed by atoms with Gasteiger partial charge in [0.25, 0.3) is 0 Å². The zero-order chi connectivity index (χ0) is 38.9. The lowest BCUT2D eigenvalue weighted by molar-refractivity contribution is 0.332. The van der Waals surface area contributed by atoms with Crippen molar-refractivity contribution in [3.8, 4) is 22.9 Å². The van der Waals surface area contributed by atoms with Crippen LogP contribution in [0.5, 0.6) is 0 Å². The molecule has 0 fully saturated rings. The fourth-order valence-electron chi connectivity index (χ4n) is 10.2. The maximum Gasteiger partial charge on any atom is 0.235 e. The second-order valence-electron chi connectivity index (χ2n) is 17.7. The molecule has 3 aromatic heterocycles. The Balaban J connectivity index is 1.26. The number of aromatic nitrogens is 4. The van der Waals surface area contributed by atoms with Crippen LogP contribution in [0.25, 0.3) is 99.0 Å². The highest BCUT2D eigenvalue weighted by molar-refractivity contribution is 6.25. The third-order valence-electron chi connectivity index (χ3n) is 13.4. The number of fused-ring (bicyclic) bond motifs is 11. The SMILES string of the molecule is CC1(C)CCC(C)(C)c2cc3c(cc21)c1cc2c4c5ccccc5ccc4n(-c4nc(-c5cccc6ccccc56)c5ccccc5n4)c2cc1n3-c1ccccc1. The van der Waals surface area contributed by atoms with Gasteiger partial charge in [-0.25, -0.2) is 9.97 Å². The van der Waals surface area contributed by atoms with Crippen molar-refractivity contribution in [3.63, 3.8) is 0 Å². The van der Waals surface area contributed by atoms with Crippen LogP contribution in [0.15, 0.2) is 158 Å². The van der Waals surface area contributed by atoms with Gasteiger partial charge in [0.05, 0.1) is 33.3 Å². The summed E-state index contributed by atoms with van der Waals surface area (Å²) in [6.45, 7) is 9.70. The van der Waals surface area contributed by atoms with Gasteiger partial charge in [-0.2, -0.15) is 0 Å². The van der Waals surface area contributed by atoms with Crippen LogP contribution in [0.3, 0.4) is 0 Å². The summed E-state index contributed by atoms with van der Waals surface area (Å²) in [5.74, 6) is 0.664. The molecule has 12 rings (SSSR count). The van der Waals surface area contributed by atoms with Crippen molar-refractivity contribution in [1.82, 2.24) is 19.1 Å². The van der Waals surface area contributed by atoms with Crippen molar-refractivity contribution in [2.24, 2.45) is 0 Å². The molecule has 0 spiro atoms. The molecule has 8 aromatic carbocycles. The standard InChI is InChI=1S/C54H42N4/c1-53(2)27-28-54(3,4)44-31-47-41(30-43(44)53)40-29-42-49(32-48(40)57(47)35-18-6-5-7-19-35)58(46-26-25-34-16-9-11-21-37(34)50(42)46)52-55-45-24-13-12-22-39(45)51(56-52)38-23-14-17-33-15-8-10-20-36(33)38/h5-26,29-32H,27-28H2,1-4H3. The van der Waals surface area contributed by atoms with Gasteiger partial charge >= 0.3 is 0 Å². The molecule has 0 saturated heterocycles. The molecule has 0 unspecified atom stereocenters. The van der Waals surface area contributed by atoms with Gasteiger partial charge in [-0.15, -0.1) is 0 Å². The van der Waals surface area contributed by atoms with Gasteiger partial charge in [-0.3, -0.25) is 4.57 Å². The lowest BCUT2D eigenvalue weighted by Gasteiger charge is -2.42. The van der Waals surface area contributed by atoms with E-state index in [1.165, 1.54) is 78.1 Å². The van der Waals surface area contributed by atoms with E-state index in [9.17, 15) is 0 Å². The smallest absolute Gasteiger partial charge is 0.235 e. The fourth-order valence-corrected chi connectivity index (χ4v) is 10.2. The minimum atomic E-state index is 0.0859. The second-order valence-corrected chi connectivity index (χ2v) is 17.7. The van der Waals surface area contributed by atoms with E-state index in [2.05, 4.69) is 195 Å². The van der Waals surface area contributed by atoms with Gasteiger partial charge in [0.1, 0.15) is 0 Å². The van der Waals surface area contributed by atoms with Crippen molar-refractivity contribution in [2.75, 3.05) is 0 Å². The first-order valence-corrected chi connectivity index (χ1v) is 20.6. The number of hydrogen-bond donors (Lipinski definition) is 0. The Kier molecular flexibility index (Phi) is 6.83. The molecule has 1 aliphatic carbocycles. The molecule has 3 heterocycles. The molecule has 0 aliphatic heterocycles. The fraction of sp³-hybridized carbons (Fsp3) is 0.148. The Labute approximate surface area is 337 Å². The van der Waals surface area contributed by atoms with Crippen molar-refractivity contribution < 1.29 is 0 Å². The summed E-state index contributed by atoms with van der Waals surface area (Å²) >= 11 is 0. The average Bonchev–Trinajstić information content (AvgIpc) is 3.75. The molecule has 4 nitrogen and oxygen atoms in total. The van der Waals surface area contributed by atoms with E-state index in [1.54, 1.807) is 0 Å². The Bertz CT molecular complexity index is 3500. The van der Waals surface area contributed by atoms with E-state index in [-0.39, 0.29) is 10.8 Å². The predicted molar refractivity (Wildman–Crippen MR) is 244 cm³/mol. The first-order valence-electron chi connectivity index (χ1n) is 20.6. The lowest BCUT2D eigenvalue weighted by Crippen LogP contribution is -2.33. The quantitative estimate of drug-likeness (QED) is 0.180. The van der Waals surface area contributed by atoms with Crippen molar-refractivity contribution in [2.45, 2.75) is 51.4 Å². The normalized spacial score (nSPS) is 15.0. The monoisotopic (exact) mass is 746 g/mol. The highest BCUT2D eigenvalue weighted by Gasteiger charge is 2.38. The second kappa shape index (κ2) is 11.9. The molecule has 4 heteroatoms. The summed E-state index contributed by atoms with van der Waals surface area (Å²) in [5.41, 5.74) is 11.8. The Morgan fingerprint density at radius 2 is 1.03 bits per heavy atom. The van der Waals surface area contributed by atoms with Gasteiger partial charge < -0.3 is 4.57 Å². The van der Waals surface area contributed by atoms with Crippen LogP contribution >= 0.6 is 0 Å². The Morgan fingerprint density at radius 3 is 1.83 bits per heavy atom. The van der Waals surface area contributed by atoms with Gasteiger partial charge in [0, 0.05) is 38.2 Å². The van der Waals surface area contributed by atoms with Crippen LogP contribution in [0.4, 0.5) is 0 Å². The van der Waals surface area contributed by atoms with Crippen molar-refractivity contribution in [3.05, 3.63) is 169 Å². The number of para-hydroxylation sites is 2. The maximum atomic E-state index is 5.58. The van der Waals surface area contributed by atoms with Crippen molar-refractivity contribution >= 4 is 76.1 Å². The zero-order valence-electron chi connectivity index (χ0n) is 33.2. The lowest BCUT2D eigenvalue weighted by atomic mass is 9.63. The molecule has 0 atom stereocenters. The van der Waals surface area contributed by atoms with E-state index in [1.807, 2.05) is 0 Å². The largest absolute Gasteiger partial charge is 0.309 e. The van der Waals surface area contributed by atoms with E-state index >= 15 is 0 Å². The number of nitrogens with zero attached hydrogens (tertiary/aromatic N) is 4. The van der Waals surface area contributed by atoms with Crippen LogP contribution in [0.2, 0.25) is 0 Å². The van der Waals surface area contributed by atoms with Gasteiger partial charge in [0.15, 0.2) is 0 Å². The van der Waals surface area contributed by atoms with E-state index < -0.39 is 0 Å². The molecule has 0 N–H and O–H groups in total. The zero-order valence-corrected chi connectivity index (χ0v) is 33.2. The summed E-state index contributed by atoms with van der Waals surface area (Å²) in [6.07, 6.45) is 2.34. The molecule has 278 valence electrons. The van der Waals surface area contributed by atoms with Crippen molar-refractivity contribution in [1.29, 1.82) is 0 Å². The highest BCUT2D eigenvalue weighted by atomic mass is 15.2. The van der Waals surface area contributed by atoms with Gasteiger partial charge in [-0.05, 0) is 105 Å². The van der Waals surface area contributed by atoms with Crippen LogP contribution in [0.1, 0.15) is 51.7 Å². The molecule has 0 bridgehead atoms. The first-order chi connectivity index (χ1) is 28.2. The summed E-state index contributed by atoms with van der Waals surface area (Å²) in [6, 6.07) is 57.7. The van der Waals surface area contributed by atoms with Crippen LogP contribution in [-0.2, 0) is 10.8 Å². The average molecular weight is 747 g/mol. The Morgan fingerprint density at radius 1 is 0.431 bits per heavy atom. The van der Waals surface area contributed by atoms with E-state index in [4.69, 9.17) is 9.97 Å². The molecule has 58 heavy (non-hydrogen) atoms. The highest BCUT2D eigenvalue weighted by Crippen LogP contribution is 2.49. The third kappa shape index (κ3) is 4.69. The third-order valence-corrected chi connectivity index (χ3v) is 13.4. The first kappa shape index (κ1) is 33.4. The molecule has 0 saturated carbocycles. The van der Waals surface area contributed by atoms with Gasteiger partial charge in [0.2, 0.25) is 5.95 Å². The predicted octanol–water partition coefficient (Wildman–Crippen LogP) is 14.1. The van der Waals surface area contributed by atoms with Crippen LogP contribution in [0, 0.1) is 0 Å². The molecular weight excluding hydrogens is 705 g/mol. The summed E-state index contributed by atoms with van der Waals surface area (Å²) < 4.78 is 4.81. The number of rotatable bonds is 3. The van der Waals surface area contributed by atoms with Gasteiger partial charge in [-0.1, -0.05) is 137 Å². The molecular formula is C54H42N4. The van der Waals surface area contributed by atoms with E-state index in [0.29, 0.717) is 5.95 Å². The van der Waals surface area contributed by atoms with Crippen LogP contribution < -0.4 is 0 Å². The topological polar surface area (TPSA) is 35.6 Å². The molecule has 11 aromatic rings. The molecule has 0 amide bonds. The minimum absolute atomic E-state index is 0.0859. The Hall–Kier alpha value is -6.78. The molecule has 1 aliphatic rings. The minimum Gasteiger partial charge on any atom is -0.309 e. The summed E-state index contributed by atoms with van der Waals surface area (Å²) in [7, 11) is 0. The summed E-state index contributed by atoms with van der Waals surface area (Å²) in [5, 5.41) is 10.8.